The molecule has 0 radical (unpaired) electrons. The molecule has 2 saturated heterocycles. The van der Waals surface area contributed by atoms with Gasteiger partial charge >= 0.3 is 0 Å². The summed E-state index contributed by atoms with van der Waals surface area (Å²) in [6, 6.07) is 3.37. The van der Waals surface area contributed by atoms with Crippen molar-refractivity contribution < 1.29 is 23.4 Å². The third kappa shape index (κ3) is 4.08. The molecular formula is C23H25F2N5O3. The van der Waals surface area contributed by atoms with Crippen molar-refractivity contribution in [1.82, 2.24) is 14.9 Å². The van der Waals surface area contributed by atoms with Crippen LogP contribution in [0.1, 0.15) is 41.3 Å². The lowest BCUT2D eigenvalue weighted by Crippen LogP contribution is -2.43. The fourth-order valence-corrected chi connectivity index (χ4v) is 4.76. The number of hydrogen-bond acceptors (Lipinski definition) is 7. The molecule has 0 aliphatic carbocycles. The molecular weight excluding hydrogens is 432 g/mol. The number of amides is 1. The van der Waals surface area contributed by atoms with Gasteiger partial charge < -0.3 is 20.1 Å². The van der Waals surface area contributed by atoms with Crippen molar-refractivity contribution in [2.75, 3.05) is 25.1 Å². The lowest BCUT2D eigenvalue weighted by molar-refractivity contribution is -0.125. The number of halogens is 2. The summed E-state index contributed by atoms with van der Waals surface area (Å²) in [6.45, 7) is 2.70. The van der Waals surface area contributed by atoms with Crippen LogP contribution in [0, 0.1) is 12.7 Å². The molecule has 2 aromatic rings. The highest BCUT2D eigenvalue weighted by molar-refractivity contribution is 6.47. The minimum Gasteiger partial charge on any atom is -0.391 e. The van der Waals surface area contributed by atoms with E-state index in [0.29, 0.717) is 42.3 Å². The summed E-state index contributed by atoms with van der Waals surface area (Å²) >= 11 is 0. The maximum atomic E-state index is 14.5. The Hall–Kier alpha value is -2.98. The number of fused-ring (bicyclic) bond motifs is 1. The molecule has 4 heterocycles. The zero-order valence-electron chi connectivity index (χ0n) is 18.2. The van der Waals surface area contributed by atoms with E-state index in [1.807, 2.05) is 6.92 Å². The van der Waals surface area contributed by atoms with Crippen molar-refractivity contribution in [2.24, 2.45) is 4.99 Å². The van der Waals surface area contributed by atoms with Gasteiger partial charge in [0, 0.05) is 13.0 Å². The average molecular weight is 457 g/mol. The van der Waals surface area contributed by atoms with Gasteiger partial charge in [-0.3, -0.25) is 9.79 Å². The maximum absolute atomic E-state index is 14.5. The number of alkyl halides is 1. The molecule has 2 fully saturated rings. The number of aliphatic hydroxyl groups is 1. The number of likely N-dealkylation sites (tertiary alicyclic amines) is 1. The van der Waals surface area contributed by atoms with Gasteiger partial charge in [-0.15, -0.1) is 0 Å². The van der Waals surface area contributed by atoms with Crippen molar-refractivity contribution in [2.45, 2.75) is 50.7 Å². The molecule has 2 N–H and O–H groups in total. The van der Waals surface area contributed by atoms with Crippen LogP contribution in [-0.2, 0) is 16.1 Å². The lowest BCUT2D eigenvalue weighted by atomic mass is 9.98. The summed E-state index contributed by atoms with van der Waals surface area (Å²) in [6.07, 6.45) is 0.130. The summed E-state index contributed by atoms with van der Waals surface area (Å²) < 4.78 is 33.9. The first-order chi connectivity index (χ1) is 15.9. The van der Waals surface area contributed by atoms with Gasteiger partial charge in [0.2, 0.25) is 0 Å². The number of aliphatic imine (C=N–C) groups is 1. The van der Waals surface area contributed by atoms with Crippen LogP contribution < -0.4 is 5.32 Å². The standard InChI is InChI=1S/C23H25F2N5O3/c1-12-2-3-13(24)6-15(12)18-7-14(25)9-30(18)23(32)21-20-16(8-26-21)27-11-28-22(20)29-17-10-33-5-4-19(17)31/h2-3,6,11,14,17-19,31H,4-5,7-10H2,1H3,(H,27,28,29)/t14-,17+,18+,19+/m0/s1. The Labute approximate surface area is 189 Å². The third-order valence-electron chi connectivity index (χ3n) is 6.51. The van der Waals surface area contributed by atoms with Gasteiger partial charge in [0.25, 0.3) is 5.91 Å². The van der Waals surface area contributed by atoms with Gasteiger partial charge in [0.15, 0.2) is 0 Å². The molecule has 1 aromatic carbocycles. The zero-order valence-corrected chi connectivity index (χ0v) is 18.2. The number of nitrogens with zero attached hydrogens (tertiary/aromatic N) is 4. The predicted octanol–water partition coefficient (Wildman–Crippen LogP) is 2.10. The highest BCUT2D eigenvalue weighted by atomic mass is 19.1. The van der Waals surface area contributed by atoms with Gasteiger partial charge in [0.1, 0.15) is 29.8 Å². The van der Waals surface area contributed by atoms with Crippen molar-refractivity contribution in [3.8, 4) is 0 Å². The Morgan fingerprint density at radius 3 is 3.00 bits per heavy atom. The number of aromatic nitrogens is 2. The van der Waals surface area contributed by atoms with E-state index in [1.165, 1.54) is 23.4 Å². The number of anilines is 1. The molecule has 1 aromatic heterocycles. The quantitative estimate of drug-likeness (QED) is 0.730. The average Bonchev–Trinajstić information content (AvgIpc) is 3.41. The van der Waals surface area contributed by atoms with Crippen LogP contribution in [0.4, 0.5) is 14.6 Å². The number of carbonyl (C=O) groups excluding carboxylic acids is 1. The molecule has 5 rings (SSSR count). The Morgan fingerprint density at radius 2 is 2.18 bits per heavy atom. The van der Waals surface area contributed by atoms with Crippen LogP contribution in [0.5, 0.6) is 0 Å². The van der Waals surface area contributed by atoms with Crippen molar-refractivity contribution in [1.29, 1.82) is 0 Å². The number of benzene rings is 1. The second kappa shape index (κ2) is 8.75. The summed E-state index contributed by atoms with van der Waals surface area (Å²) in [5.41, 5.74) is 2.56. The van der Waals surface area contributed by atoms with Gasteiger partial charge in [-0.1, -0.05) is 6.07 Å². The molecule has 1 amide bonds. The fraction of sp³-hybridized carbons (Fsp3) is 0.478. The Kier molecular flexibility index (Phi) is 5.79. The largest absolute Gasteiger partial charge is 0.391 e. The van der Waals surface area contributed by atoms with Crippen LogP contribution in [0.2, 0.25) is 0 Å². The number of aryl methyl sites for hydroxylation is 1. The molecule has 3 aliphatic rings. The molecule has 3 aliphatic heterocycles. The topological polar surface area (TPSA) is 99.9 Å². The zero-order chi connectivity index (χ0) is 23.1. The molecule has 0 saturated carbocycles. The minimum atomic E-state index is -1.22. The molecule has 0 bridgehead atoms. The monoisotopic (exact) mass is 457 g/mol. The molecule has 4 atom stereocenters. The van der Waals surface area contributed by atoms with Crippen LogP contribution in [-0.4, -0.2) is 69.7 Å². The smallest absolute Gasteiger partial charge is 0.273 e. The number of ether oxygens (including phenoxy) is 1. The first kappa shape index (κ1) is 21.8. The SMILES string of the molecule is Cc1ccc(F)cc1[C@H]1C[C@H](F)CN1C(=O)C1=NCc2ncnc(N[C@@H]3COCC[C@H]3O)c21. The Morgan fingerprint density at radius 1 is 1.33 bits per heavy atom. The van der Waals surface area contributed by atoms with Crippen molar-refractivity contribution in [3.05, 3.63) is 52.7 Å². The van der Waals surface area contributed by atoms with Crippen LogP contribution in [0.15, 0.2) is 29.5 Å². The molecule has 0 spiro atoms. The number of carbonyl (C=O) groups is 1. The first-order valence-corrected chi connectivity index (χ1v) is 11.0. The normalized spacial score (nSPS) is 26.8. The molecule has 174 valence electrons. The summed E-state index contributed by atoms with van der Waals surface area (Å²) in [5.74, 6) is -0.489. The second-order valence-electron chi connectivity index (χ2n) is 8.70. The van der Waals surface area contributed by atoms with Gasteiger partial charge in [0.05, 0.1) is 49.1 Å². The van der Waals surface area contributed by atoms with Crippen molar-refractivity contribution in [3.63, 3.8) is 0 Å². The maximum Gasteiger partial charge on any atom is 0.273 e. The minimum absolute atomic E-state index is 0.0954. The van der Waals surface area contributed by atoms with E-state index < -0.39 is 30.0 Å². The Bertz CT molecular complexity index is 1110. The predicted molar refractivity (Wildman–Crippen MR) is 116 cm³/mol. The van der Waals surface area contributed by atoms with Gasteiger partial charge in [-0.2, -0.15) is 0 Å². The summed E-state index contributed by atoms with van der Waals surface area (Å²) in [4.78, 5) is 28.0. The van der Waals surface area contributed by atoms with E-state index in [-0.39, 0.29) is 31.3 Å². The first-order valence-electron chi connectivity index (χ1n) is 11.0. The number of rotatable bonds is 4. The molecule has 0 unspecified atom stereocenters. The van der Waals surface area contributed by atoms with E-state index >= 15 is 0 Å². The lowest BCUT2D eigenvalue weighted by Gasteiger charge is -2.30. The summed E-state index contributed by atoms with van der Waals surface area (Å²) in [5, 5.41) is 13.5. The van der Waals surface area contributed by atoms with Gasteiger partial charge in [-0.05, 0) is 36.6 Å². The second-order valence-corrected chi connectivity index (χ2v) is 8.70. The van der Waals surface area contributed by atoms with Crippen LogP contribution in [0.25, 0.3) is 0 Å². The third-order valence-corrected chi connectivity index (χ3v) is 6.51. The van der Waals surface area contributed by atoms with Crippen LogP contribution >= 0.6 is 0 Å². The molecule has 33 heavy (non-hydrogen) atoms. The van der Waals surface area contributed by atoms with Crippen LogP contribution in [0.3, 0.4) is 0 Å². The van der Waals surface area contributed by atoms with Gasteiger partial charge in [-0.25, -0.2) is 18.7 Å². The summed E-state index contributed by atoms with van der Waals surface area (Å²) in [7, 11) is 0. The highest BCUT2D eigenvalue weighted by Crippen LogP contribution is 2.37. The van der Waals surface area contributed by atoms with E-state index in [2.05, 4.69) is 20.3 Å². The van der Waals surface area contributed by atoms with E-state index in [1.54, 1.807) is 6.07 Å². The fourth-order valence-electron chi connectivity index (χ4n) is 4.76. The number of hydrogen-bond donors (Lipinski definition) is 2. The number of aliphatic hydroxyl groups excluding tert-OH is 1. The van der Waals surface area contributed by atoms with E-state index in [9.17, 15) is 18.7 Å². The Balaban J connectivity index is 1.45. The molecule has 8 nitrogen and oxygen atoms in total. The number of nitrogens with one attached hydrogen (secondary N) is 1. The van der Waals surface area contributed by atoms with E-state index in [4.69, 9.17) is 4.74 Å². The highest BCUT2D eigenvalue weighted by Gasteiger charge is 2.41. The molecule has 10 heteroatoms. The van der Waals surface area contributed by atoms with E-state index in [0.717, 1.165) is 5.56 Å². The van der Waals surface area contributed by atoms with Crippen molar-refractivity contribution >= 4 is 17.4 Å².